The minimum Gasteiger partial charge on any atom is -0.469 e. The fourth-order valence-electron chi connectivity index (χ4n) is 5.34. The second kappa shape index (κ2) is 10.5. The predicted octanol–water partition coefficient (Wildman–Crippen LogP) is 3.52. The maximum absolute atomic E-state index is 14.0. The molecular formula is C30H30N4O4. The number of likely N-dealkylation sites (tertiary alicyclic amines) is 1. The monoisotopic (exact) mass is 510 g/mol. The zero-order valence-corrected chi connectivity index (χ0v) is 21.2. The Balaban J connectivity index is 1.37. The van der Waals surface area contributed by atoms with Crippen LogP contribution in [0, 0.1) is 11.3 Å². The Kier molecular flexibility index (Phi) is 6.96. The summed E-state index contributed by atoms with van der Waals surface area (Å²) < 4.78 is 4.84. The van der Waals surface area contributed by atoms with Crippen molar-refractivity contribution in [2.24, 2.45) is 5.92 Å². The Labute approximate surface area is 221 Å². The van der Waals surface area contributed by atoms with Crippen molar-refractivity contribution in [1.29, 1.82) is 5.41 Å². The third kappa shape index (κ3) is 4.53. The van der Waals surface area contributed by atoms with Gasteiger partial charge in [-0.15, -0.1) is 0 Å². The number of piperidine rings is 1. The molecule has 2 saturated heterocycles. The standard InChI is InChI=1S/C30H30N4O4/c1-38-27(36)22-15-17-33(18-16-22)26(35)23-10-8-9-21(19-23)20-34-28(37)30(32-29(34)31,24-11-4-2-5-12-24)25-13-6-3-7-14-25/h2-14,19,22H,15-18,20H2,1H3,(H2,31,32). The second-order valence-corrected chi connectivity index (χ2v) is 9.64. The SMILES string of the molecule is COC(=O)C1CCN(C(=O)c2cccc(CN3C(=N)NC(c4ccccc4)(c4ccccc4)C3=O)c2)CC1. The fraction of sp³-hybridized carbons (Fsp3) is 0.267. The molecule has 0 saturated carbocycles. The smallest absolute Gasteiger partial charge is 0.308 e. The predicted molar refractivity (Wildman–Crippen MR) is 142 cm³/mol. The Morgan fingerprint density at radius 1 is 0.947 bits per heavy atom. The molecule has 0 aromatic heterocycles. The fourth-order valence-corrected chi connectivity index (χ4v) is 5.34. The van der Waals surface area contributed by atoms with Crippen LogP contribution in [-0.2, 0) is 26.4 Å². The summed E-state index contributed by atoms with van der Waals surface area (Å²) in [6, 6.07) is 26.0. The first-order valence-electron chi connectivity index (χ1n) is 12.7. The molecule has 194 valence electrons. The van der Waals surface area contributed by atoms with E-state index in [0.29, 0.717) is 31.5 Å². The summed E-state index contributed by atoms with van der Waals surface area (Å²) in [5, 5.41) is 11.9. The number of rotatable bonds is 6. The first-order chi connectivity index (χ1) is 18.4. The molecular weight excluding hydrogens is 480 g/mol. The Hall–Kier alpha value is -4.46. The summed E-state index contributed by atoms with van der Waals surface area (Å²) >= 11 is 0. The second-order valence-electron chi connectivity index (χ2n) is 9.64. The Morgan fingerprint density at radius 2 is 1.55 bits per heavy atom. The van der Waals surface area contributed by atoms with Crippen molar-refractivity contribution in [3.05, 3.63) is 107 Å². The van der Waals surface area contributed by atoms with E-state index in [9.17, 15) is 14.4 Å². The van der Waals surface area contributed by atoms with E-state index in [0.717, 1.165) is 16.7 Å². The highest BCUT2D eigenvalue weighted by Crippen LogP contribution is 2.36. The summed E-state index contributed by atoms with van der Waals surface area (Å²) in [7, 11) is 1.38. The van der Waals surface area contributed by atoms with Crippen LogP contribution in [0.2, 0.25) is 0 Å². The maximum atomic E-state index is 14.0. The third-order valence-electron chi connectivity index (χ3n) is 7.39. The summed E-state index contributed by atoms with van der Waals surface area (Å²) in [6.07, 6.45) is 1.15. The number of guanidine groups is 1. The van der Waals surface area contributed by atoms with Gasteiger partial charge >= 0.3 is 5.97 Å². The van der Waals surface area contributed by atoms with E-state index in [1.165, 1.54) is 12.0 Å². The Bertz CT molecular complexity index is 1310. The molecule has 5 rings (SSSR count). The van der Waals surface area contributed by atoms with Gasteiger partial charge in [-0.2, -0.15) is 0 Å². The molecule has 2 aliphatic rings. The maximum Gasteiger partial charge on any atom is 0.308 e. The van der Waals surface area contributed by atoms with Gasteiger partial charge in [0.05, 0.1) is 19.6 Å². The number of nitrogens with one attached hydrogen (secondary N) is 2. The first-order valence-corrected chi connectivity index (χ1v) is 12.7. The molecule has 3 aromatic rings. The van der Waals surface area contributed by atoms with Gasteiger partial charge in [-0.25, -0.2) is 0 Å². The van der Waals surface area contributed by atoms with E-state index in [4.69, 9.17) is 10.1 Å². The van der Waals surface area contributed by atoms with Gasteiger partial charge in [-0.05, 0) is 41.7 Å². The number of ether oxygens (including phenoxy) is 1. The van der Waals surface area contributed by atoms with Gasteiger partial charge in [0.1, 0.15) is 0 Å². The molecule has 3 aromatic carbocycles. The molecule has 2 amide bonds. The average molecular weight is 511 g/mol. The number of esters is 1. The summed E-state index contributed by atoms with van der Waals surface area (Å²) in [4.78, 5) is 42.2. The minimum absolute atomic E-state index is 0.00400. The van der Waals surface area contributed by atoms with Crippen LogP contribution in [0.15, 0.2) is 84.9 Å². The molecule has 0 aliphatic carbocycles. The largest absolute Gasteiger partial charge is 0.469 e. The van der Waals surface area contributed by atoms with Crippen molar-refractivity contribution in [1.82, 2.24) is 15.1 Å². The zero-order valence-electron chi connectivity index (χ0n) is 21.2. The lowest BCUT2D eigenvalue weighted by Gasteiger charge is -2.31. The van der Waals surface area contributed by atoms with E-state index in [1.54, 1.807) is 23.1 Å². The summed E-state index contributed by atoms with van der Waals surface area (Å²) in [6.45, 7) is 1.12. The molecule has 0 spiro atoms. The molecule has 8 heteroatoms. The van der Waals surface area contributed by atoms with Crippen molar-refractivity contribution in [3.8, 4) is 0 Å². The number of amides is 2. The van der Waals surface area contributed by atoms with Crippen LogP contribution >= 0.6 is 0 Å². The molecule has 38 heavy (non-hydrogen) atoms. The molecule has 0 radical (unpaired) electrons. The van der Waals surface area contributed by atoms with Gasteiger partial charge in [0, 0.05) is 18.7 Å². The van der Waals surface area contributed by atoms with Crippen molar-refractivity contribution >= 4 is 23.7 Å². The lowest BCUT2D eigenvalue weighted by Crippen LogP contribution is -2.45. The van der Waals surface area contributed by atoms with E-state index in [1.807, 2.05) is 66.7 Å². The van der Waals surface area contributed by atoms with Gasteiger partial charge < -0.3 is 15.0 Å². The highest BCUT2D eigenvalue weighted by atomic mass is 16.5. The van der Waals surface area contributed by atoms with Gasteiger partial charge in [0.25, 0.3) is 11.8 Å². The topological polar surface area (TPSA) is 103 Å². The Morgan fingerprint density at radius 3 is 2.13 bits per heavy atom. The molecule has 2 aliphatic heterocycles. The van der Waals surface area contributed by atoms with Gasteiger partial charge in [-0.3, -0.25) is 24.7 Å². The lowest BCUT2D eigenvalue weighted by molar-refractivity contribution is -0.146. The van der Waals surface area contributed by atoms with Crippen LogP contribution in [0.3, 0.4) is 0 Å². The minimum atomic E-state index is -1.21. The van der Waals surface area contributed by atoms with E-state index < -0.39 is 5.54 Å². The average Bonchev–Trinajstić information content (AvgIpc) is 3.23. The number of hydrogen-bond donors (Lipinski definition) is 2. The van der Waals surface area contributed by atoms with E-state index >= 15 is 0 Å². The van der Waals surface area contributed by atoms with Crippen molar-refractivity contribution in [2.45, 2.75) is 24.9 Å². The highest BCUT2D eigenvalue weighted by Gasteiger charge is 2.52. The van der Waals surface area contributed by atoms with Gasteiger partial charge in [0.2, 0.25) is 0 Å². The lowest BCUT2D eigenvalue weighted by atomic mass is 9.82. The van der Waals surface area contributed by atoms with Crippen LogP contribution in [0.25, 0.3) is 0 Å². The molecule has 2 heterocycles. The van der Waals surface area contributed by atoms with Crippen molar-refractivity contribution < 1.29 is 19.1 Å². The van der Waals surface area contributed by atoms with Crippen LogP contribution < -0.4 is 5.32 Å². The molecule has 2 fully saturated rings. The van der Waals surface area contributed by atoms with E-state index in [2.05, 4.69) is 5.32 Å². The van der Waals surface area contributed by atoms with Crippen molar-refractivity contribution in [3.63, 3.8) is 0 Å². The van der Waals surface area contributed by atoms with Crippen LogP contribution in [0.4, 0.5) is 0 Å². The summed E-state index contributed by atoms with van der Waals surface area (Å²) in [5.41, 5.74) is 1.56. The van der Waals surface area contributed by atoms with Crippen LogP contribution in [-0.4, -0.2) is 53.7 Å². The number of methoxy groups -OCH3 is 1. The third-order valence-corrected chi connectivity index (χ3v) is 7.39. The molecule has 2 N–H and O–H groups in total. The van der Waals surface area contributed by atoms with Gasteiger partial charge in [0.15, 0.2) is 11.5 Å². The van der Waals surface area contributed by atoms with Gasteiger partial charge in [-0.1, -0.05) is 72.8 Å². The zero-order chi connectivity index (χ0) is 26.7. The van der Waals surface area contributed by atoms with Crippen LogP contribution in [0.5, 0.6) is 0 Å². The number of nitrogens with zero attached hydrogens (tertiary/aromatic N) is 2. The number of carbonyl (C=O) groups excluding carboxylic acids is 3. The molecule has 8 nitrogen and oxygen atoms in total. The van der Waals surface area contributed by atoms with Crippen molar-refractivity contribution in [2.75, 3.05) is 20.2 Å². The quantitative estimate of drug-likeness (QED) is 0.494. The summed E-state index contributed by atoms with van der Waals surface area (Å²) in [5.74, 6) is -0.762. The number of carbonyl (C=O) groups is 3. The molecule has 0 atom stereocenters. The number of benzene rings is 3. The molecule has 0 unspecified atom stereocenters. The highest BCUT2D eigenvalue weighted by molar-refractivity contribution is 6.10. The number of hydrogen-bond acceptors (Lipinski definition) is 5. The van der Waals surface area contributed by atoms with E-state index in [-0.39, 0.29) is 36.2 Å². The first kappa shape index (κ1) is 25.2. The molecule has 0 bridgehead atoms. The van der Waals surface area contributed by atoms with Crippen LogP contribution in [0.1, 0.15) is 39.9 Å². The normalized spacial score (nSPS) is 17.3.